The lowest BCUT2D eigenvalue weighted by atomic mass is 10.1. The van der Waals surface area contributed by atoms with Crippen LogP contribution in [0.5, 0.6) is 0 Å². The zero-order chi connectivity index (χ0) is 23.3. The third kappa shape index (κ3) is 3.50. The number of hydrogen-bond donors (Lipinski definition) is 1. The Balaban J connectivity index is 1.76. The predicted molar refractivity (Wildman–Crippen MR) is 124 cm³/mol. The lowest BCUT2D eigenvalue weighted by Gasteiger charge is -2.12. The molecule has 0 aliphatic rings. The van der Waals surface area contributed by atoms with Gasteiger partial charge in [0.1, 0.15) is 11.6 Å². The number of rotatable bonds is 4. The molecule has 2 heterocycles. The van der Waals surface area contributed by atoms with E-state index in [2.05, 4.69) is 20.6 Å². The number of para-hydroxylation sites is 1. The molecular weight excluding hydrogens is 441 g/mol. The first-order valence-electron chi connectivity index (χ1n) is 10.3. The predicted octanol–water partition coefficient (Wildman–Crippen LogP) is 4.92. The average molecular weight is 462 g/mol. The summed E-state index contributed by atoms with van der Waals surface area (Å²) < 4.78 is 42.2. The van der Waals surface area contributed by atoms with Crippen LogP contribution in [0.4, 0.5) is 15.9 Å². The summed E-state index contributed by atoms with van der Waals surface area (Å²) in [5.74, 6) is 0.0619. The van der Waals surface area contributed by atoms with Gasteiger partial charge < -0.3 is 5.32 Å². The monoisotopic (exact) mass is 461 g/mol. The average Bonchev–Trinajstić information content (AvgIpc) is 3.19. The summed E-state index contributed by atoms with van der Waals surface area (Å²) in [7, 11) is -4.00. The highest BCUT2D eigenvalue weighted by molar-refractivity contribution is 7.91. The Morgan fingerprint density at radius 3 is 2.30 bits per heavy atom. The lowest BCUT2D eigenvalue weighted by Crippen LogP contribution is -2.09. The Kier molecular flexibility index (Phi) is 4.86. The van der Waals surface area contributed by atoms with Crippen LogP contribution in [0.3, 0.4) is 0 Å². The highest BCUT2D eigenvalue weighted by Crippen LogP contribution is 2.32. The maximum absolute atomic E-state index is 13.7. The van der Waals surface area contributed by atoms with Crippen LogP contribution >= 0.6 is 0 Å². The third-order valence-corrected chi connectivity index (χ3v) is 7.41. The van der Waals surface area contributed by atoms with Crippen molar-refractivity contribution in [3.63, 3.8) is 0 Å². The van der Waals surface area contributed by atoms with Gasteiger partial charge in [-0.25, -0.2) is 17.8 Å². The standard InChI is InChI=1S/C24H20FN5O2S/c1-14-12-15(2)21(16(3)13-14)33(31,32)24-23-27-22(26-18-10-8-17(25)9-11-18)19-6-4-5-7-20(19)30(23)29-28-24/h4-13H,1-3H3,(H,26,27). The van der Waals surface area contributed by atoms with E-state index in [-0.39, 0.29) is 21.4 Å². The lowest BCUT2D eigenvalue weighted by molar-refractivity contribution is 0.591. The molecule has 1 N–H and O–H groups in total. The minimum absolute atomic E-state index is 0.109. The normalized spacial score (nSPS) is 11.9. The molecule has 5 aromatic rings. The fourth-order valence-electron chi connectivity index (χ4n) is 4.17. The molecule has 2 aromatic heterocycles. The van der Waals surface area contributed by atoms with Crippen LogP contribution in [0.25, 0.3) is 16.6 Å². The van der Waals surface area contributed by atoms with Crippen LogP contribution in [0, 0.1) is 26.6 Å². The molecule has 0 saturated heterocycles. The van der Waals surface area contributed by atoms with E-state index < -0.39 is 9.84 Å². The van der Waals surface area contributed by atoms with Crippen LogP contribution in [0.2, 0.25) is 0 Å². The minimum atomic E-state index is -4.00. The van der Waals surface area contributed by atoms with Crippen molar-refractivity contribution < 1.29 is 12.8 Å². The Bertz CT molecular complexity index is 1620. The zero-order valence-electron chi connectivity index (χ0n) is 18.2. The molecule has 0 bridgehead atoms. The summed E-state index contributed by atoms with van der Waals surface area (Å²) in [6.45, 7) is 5.46. The van der Waals surface area contributed by atoms with Crippen molar-refractivity contribution >= 4 is 37.9 Å². The Morgan fingerprint density at radius 1 is 0.939 bits per heavy atom. The largest absolute Gasteiger partial charge is 0.340 e. The Hall–Kier alpha value is -3.85. The summed E-state index contributed by atoms with van der Waals surface area (Å²) in [4.78, 5) is 4.81. The van der Waals surface area contributed by atoms with E-state index in [1.54, 1.807) is 26.0 Å². The molecule has 5 rings (SSSR count). The summed E-state index contributed by atoms with van der Waals surface area (Å²) in [6.07, 6.45) is 0. The number of nitrogens with zero attached hydrogens (tertiary/aromatic N) is 4. The topological polar surface area (TPSA) is 89.2 Å². The van der Waals surface area contributed by atoms with Crippen molar-refractivity contribution in [2.75, 3.05) is 5.32 Å². The van der Waals surface area contributed by atoms with Crippen LogP contribution in [-0.2, 0) is 9.84 Å². The number of anilines is 2. The summed E-state index contributed by atoms with van der Waals surface area (Å²) in [6, 6.07) is 16.8. The van der Waals surface area contributed by atoms with Gasteiger partial charge in [-0.15, -0.1) is 5.10 Å². The van der Waals surface area contributed by atoms with Gasteiger partial charge in [-0.1, -0.05) is 35.0 Å². The molecule has 166 valence electrons. The number of nitrogens with one attached hydrogen (secondary N) is 1. The van der Waals surface area contributed by atoms with E-state index in [4.69, 9.17) is 0 Å². The Morgan fingerprint density at radius 2 is 1.61 bits per heavy atom. The number of sulfone groups is 1. The first-order valence-corrected chi connectivity index (χ1v) is 11.7. The number of halogens is 1. The van der Waals surface area contributed by atoms with Crippen molar-refractivity contribution in [3.8, 4) is 0 Å². The van der Waals surface area contributed by atoms with E-state index in [1.165, 1.54) is 16.6 Å². The van der Waals surface area contributed by atoms with E-state index in [1.807, 2.05) is 43.3 Å². The molecule has 3 aromatic carbocycles. The van der Waals surface area contributed by atoms with Crippen molar-refractivity contribution in [3.05, 3.63) is 83.2 Å². The quantitative estimate of drug-likeness (QED) is 0.409. The van der Waals surface area contributed by atoms with Gasteiger partial charge in [-0.3, -0.25) is 0 Å². The molecular formula is C24H20FN5O2S. The van der Waals surface area contributed by atoms with Crippen LogP contribution in [-0.4, -0.2) is 28.2 Å². The van der Waals surface area contributed by atoms with Gasteiger partial charge in [0.15, 0.2) is 5.65 Å². The van der Waals surface area contributed by atoms with Crippen LogP contribution < -0.4 is 5.32 Å². The first kappa shape index (κ1) is 21.0. The van der Waals surface area contributed by atoms with Gasteiger partial charge in [0.05, 0.1) is 10.4 Å². The van der Waals surface area contributed by atoms with Crippen LogP contribution in [0.15, 0.2) is 70.6 Å². The molecule has 0 unspecified atom stereocenters. The van der Waals surface area contributed by atoms with E-state index in [9.17, 15) is 12.8 Å². The number of hydrogen-bond acceptors (Lipinski definition) is 6. The van der Waals surface area contributed by atoms with Crippen LogP contribution in [0.1, 0.15) is 16.7 Å². The van der Waals surface area contributed by atoms with E-state index in [0.29, 0.717) is 33.5 Å². The van der Waals surface area contributed by atoms with Crippen molar-refractivity contribution in [2.24, 2.45) is 0 Å². The van der Waals surface area contributed by atoms with Gasteiger partial charge in [0.2, 0.25) is 14.9 Å². The number of aromatic nitrogens is 4. The number of fused-ring (bicyclic) bond motifs is 3. The first-order chi connectivity index (χ1) is 15.8. The second-order valence-corrected chi connectivity index (χ2v) is 9.77. The smallest absolute Gasteiger partial charge is 0.230 e. The molecule has 0 amide bonds. The molecule has 0 spiro atoms. The molecule has 0 aliphatic heterocycles. The second kappa shape index (κ2) is 7.63. The van der Waals surface area contributed by atoms with Crippen molar-refractivity contribution in [1.82, 2.24) is 19.8 Å². The summed E-state index contributed by atoms with van der Waals surface area (Å²) in [5.41, 5.74) is 3.61. The SMILES string of the molecule is Cc1cc(C)c(S(=O)(=O)c2nnn3c2nc(Nc2ccc(F)cc2)c2ccccc23)c(C)c1. The fraction of sp³-hybridized carbons (Fsp3) is 0.125. The molecule has 0 saturated carbocycles. The van der Waals surface area contributed by atoms with E-state index in [0.717, 1.165) is 5.56 Å². The maximum atomic E-state index is 13.7. The molecule has 0 radical (unpaired) electrons. The molecule has 0 aliphatic carbocycles. The van der Waals surface area contributed by atoms with Crippen molar-refractivity contribution in [1.29, 1.82) is 0 Å². The second-order valence-electron chi connectivity index (χ2n) is 7.97. The Labute approximate surface area is 189 Å². The maximum Gasteiger partial charge on any atom is 0.230 e. The highest BCUT2D eigenvalue weighted by Gasteiger charge is 2.30. The van der Waals surface area contributed by atoms with Gasteiger partial charge in [-0.2, -0.15) is 4.52 Å². The third-order valence-electron chi connectivity index (χ3n) is 5.46. The molecule has 9 heteroatoms. The van der Waals surface area contributed by atoms with Gasteiger partial charge in [0.25, 0.3) is 0 Å². The van der Waals surface area contributed by atoms with Gasteiger partial charge in [-0.05, 0) is 68.3 Å². The zero-order valence-corrected chi connectivity index (χ0v) is 19.0. The highest BCUT2D eigenvalue weighted by atomic mass is 32.2. The van der Waals surface area contributed by atoms with Gasteiger partial charge >= 0.3 is 0 Å². The molecule has 0 atom stereocenters. The summed E-state index contributed by atoms with van der Waals surface area (Å²) in [5, 5.41) is 11.8. The van der Waals surface area contributed by atoms with Gasteiger partial charge in [0, 0.05) is 11.1 Å². The van der Waals surface area contributed by atoms with E-state index >= 15 is 0 Å². The molecule has 0 fully saturated rings. The van der Waals surface area contributed by atoms with Crippen molar-refractivity contribution in [2.45, 2.75) is 30.7 Å². The minimum Gasteiger partial charge on any atom is -0.340 e. The molecule has 7 nitrogen and oxygen atoms in total. The number of aryl methyl sites for hydroxylation is 3. The fourth-order valence-corrected chi connectivity index (χ4v) is 5.85. The number of benzene rings is 3. The molecule has 33 heavy (non-hydrogen) atoms. The summed E-state index contributed by atoms with van der Waals surface area (Å²) >= 11 is 0.